The molecule has 1 nitrogen and oxygen atoms in total. The Balaban J connectivity index is 3.13. The Labute approximate surface area is 93.9 Å². The van der Waals surface area contributed by atoms with Gasteiger partial charge in [0.05, 0.1) is 8.07 Å². The van der Waals surface area contributed by atoms with Crippen LogP contribution in [0.4, 0.5) is 0 Å². The quantitative estimate of drug-likeness (QED) is 0.553. The molecule has 1 heterocycles. The Morgan fingerprint density at radius 3 is 2.18 bits per heavy atom. The predicted octanol–water partition coefficient (Wildman–Crippen LogP) is 3.06. The zero-order valence-electron chi connectivity index (χ0n) is 6.61. The van der Waals surface area contributed by atoms with E-state index in [1.165, 1.54) is 8.20 Å². The van der Waals surface area contributed by atoms with E-state index in [0.717, 1.165) is 3.92 Å². The highest BCUT2D eigenvalue weighted by atomic mass is 127. The minimum Gasteiger partial charge on any atom is -0.223 e. The molecule has 11 heavy (non-hydrogen) atoms. The molecule has 1 rings (SSSR count). The Kier molecular flexibility index (Phi) is 3.16. The van der Waals surface area contributed by atoms with Gasteiger partial charge in [0.15, 0.2) is 3.92 Å². The molecule has 5 heteroatoms. The van der Waals surface area contributed by atoms with Crippen LogP contribution in [0.5, 0.6) is 0 Å². The molecule has 0 N–H and O–H groups in total. The highest BCUT2D eigenvalue weighted by Gasteiger charge is 2.22. The zero-order valence-corrected chi connectivity index (χ0v) is 12.2. The lowest BCUT2D eigenvalue weighted by molar-refractivity contribution is 1.33. The molecule has 0 aliphatic heterocycles. The molecule has 0 spiro atoms. The van der Waals surface area contributed by atoms with Gasteiger partial charge >= 0.3 is 0 Å². The van der Waals surface area contributed by atoms with E-state index in [9.17, 15) is 0 Å². The minimum atomic E-state index is -1.14. The van der Waals surface area contributed by atoms with E-state index in [1.54, 1.807) is 11.3 Å². The Morgan fingerprint density at radius 1 is 1.45 bits per heavy atom. The fraction of sp³-hybridized carbons (Fsp3) is 0.500. The van der Waals surface area contributed by atoms with Crippen molar-refractivity contribution in [2.24, 2.45) is 0 Å². The third-order valence-corrected chi connectivity index (χ3v) is 7.96. The molecular formula is C6H9BrINSSi. The third kappa shape index (κ3) is 2.50. The van der Waals surface area contributed by atoms with Crippen molar-refractivity contribution < 1.29 is 0 Å². The summed E-state index contributed by atoms with van der Waals surface area (Å²) >= 11 is 7.49. The zero-order chi connectivity index (χ0) is 8.65. The summed E-state index contributed by atoms with van der Waals surface area (Å²) in [5.41, 5.74) is 0. The maximum Gasteiger partial charge on any atom is 0.160 e. The Morgan fingerprint density at radius 2 is 2.00 bits per heavy atom. The average Bonchev–Trinajstić information content (AvgIpc) is 2.08. The second-order valence-electron chi connectivity index (χ2n) is 3.34. The molecule has 0 saturated carbocycles. The summed E-state index contributed by atoms with van der Waals surface area (Å²) in [6, 6.07) is 0. The summed E-state index contributed by atoms with van der Waals surface area (Å²) in [5, 5.41) is 0. The van der Waals surface area contributed by atoms with Gasteiger partial charge in [-0.3, -0.25) is 0 Å². The van der Waals surface area contributed by atoms with Crippen molar-refractivity contribution in [2.45, 2.75) is 19.6 Å². The maximum absolute atomic E-state index is 4.33. The number of rotatable bonds is 1. The lowest BCUT2D eigenvalue weighted by atomic mass is 11.0. The molecule has 0 amide bonds. The summed E-state index contributed by atoms with van der Waals surface area (Å²) in [7, 11) is -1.14. The highest BCUT2D eigenvalue weighted by molar-refractivity contribution is 14.1. The van der Waals surface area contributed by atoms with E-state index in [-0.39, 0.29) is 0 Å². The first kappa shape index (κ1) is 10.1. The van der Waals surface area contributed by atoms with Crippen LogP contribution < -0.4 is 4.50 Å². The molecule has 0 aromatic carbocycles. The van der Waals surface area contributed by atoms with Crippen molar-refractivity contribution in [3.63, 3.8) is 0 Å². The van der Waals surface area contributed by atoms with Gasteiger partial charge < -0.3 is 0 Å². The van der Waals surface area contributed by atoms with Gasteiger partial charge in [-0.05, 0) is 38.5 Å². The summed E-state index contributed by atoms with van der Waals surface area (Å²) in [6.07, 6.45) is 0. The lowest BCUT2D eigenvalue weighted by Crippen LogP contribution is -2.37. The smallest absolute Gasteiger partial charge is 0.160 e. The van der Waals surface area contributed by atoms with Gasteiger partial charge in [-0.15, -0.1) is 11.3 Å². The van der Waals surface area contributed by atoms with Crippen molar-refractivity contribution >= 4 is 62.4 Å². The van der Waals surface area contributed by atoms with Crippen molar-refractivity contribution in [1.82, 2.24) is 4.98 Å². The molecule has 0 aliphatic carbocycles. The monoisotopic (exact) mass is 361 g/mol. The molecule has 0 aliphatic rings. The number of thiazole rings is 1. The number of nitrogens with zero attached hydrogens (tertiary/aromatic N) is 1. The first-order valence-corrected chi connectivity index (χ1v) is 9.42. The van der Waals surface area contributed by atoms with Gasteiger partial charge in [-0.25, -0.2) is 4.98 Å². The van der Waals surface area contributed by atoms with Crippen LogP contribution >= 0.6 is 49.9 Å². The van der Waals surface area contributed by atoms with Crippen LogP contribution in [0, 0.1) is 3.70 Å². The Bertz CT molecular complexity index is 268. The molecule has 62 valence electrons. The van der Waals surface area contributed by atoms with Crippen molar-refractivity contribution in [3.05, 3.63) is 7.62 Å². The van der Waals surface area contributed by atoms with Crippen molar-refractivity contribution in [3.8, 4) is 0 Å². The van der Waals surface area contributed by atoms with Crippen molar-refractivity contribution in [1.29, 1.82) is 0 Å². The number of hydrogen-bond donors (Lipinski definition) is 0. The fourth-order valence-corrected chi connectivity index (χ4v) is 7.97. The molecule has 0 fully saturated rings. The van der Waals surface area contributed by atoms with Gasteiger partial charge in [-0.2, -0.15) is 0 Å². The SMILES string of the molecule is C[Si](C)(C)c1sc(Br)nc1I. The molecular weight excluding hydrogens is 353 g/mol. The van der Waals surface area contributed by atoms with E-state index < -0.39 is 8.07 Å². The van der Waals surface area contributed by atoms with Gasteiger partial charge in [-0.1, -0.05) is 19.6 Å². The molecule has 0 bridgehead atoms. The summed E-state index contributed by atoms with van der Waals surface area (Å²) in [6.45, 7) is 7.03. The molecule has 0 radical (unpaired) electrons. The molecule has 1 aromatic rings. The normalized spacial score (nSPS) is 12.1. The van der Waals surface area contributed by atoms with Crippen LogP contribution in [0.1, 0.15) is 0 Å². The largest absolute Gasteiger partial charge is 0.223 e. The standard InChI is InChI=1S/C6H9BrINSSi/c1-11(2,3)5-4(8)9-6(7)10-5/h1-3H3. The first-order valence-electron chi connectivity index (χ1n) is 3.23. The second-order valence-corrected chi connectivity index (χ2v) is 12.0. The molecule has 0 unspecified atom stereocenters. The van der Waals surface area contributed by atoms with Gasteiger partial charge in [0.25, 0.3) is 0 Å². The molecule has 0 saturated heterocycles. The van der Waals surface area contributed by atoms with E-state index in [1.807, 2.05) is 0 Å². The first-order chi connectivity index (χ1) is 4.91. The van der Waals surface area contributed by atoms with Gasteiger partial charge in [0, 0.05) is 4.50 Å². The number of aromatic nitrogens is 1. The van der Waals surface area contributed by atoms with E-state index in [0.29, 0.717) is 0 Å². The third-order valence-electron chi connectivity index (χ3n) is 1.24. The van der Waals surface area contributed by atoms with Crippen LogP contribution in [-0.2, 0) is 0 Å². The van der Waals surface area contributed by atoms with E-state index in [2.05, 4.69) is 63.1 Å². The number of halogens is 2. The maximum atomic E-state index is 4.33. The summed E-state index contributed by atoms with van der Waals surface area (Å²) in [5.74, 6) is 0. The number of hydrogen-bond acceptors (Lipinski definition) is 2. The topological polar surface area (TPSA) is 12.9 Å². The molecule has 1 aromatic heterocycles. The summed E-state index contributed by atoms with van der Waals surface area (Å²) < 4.78 is 3.68. The minimum absolute atomic E-state index is 1.01. The van der Waals surface area contributed by atoms with Gasteiger partial charge in [0.1, 0.15) is 3.70 Å². The average molecular weight is 362 g/mol. The van der Waals surface area contributed by atoms with Crippen LogP contribution in [0.2, 0.25) is 19.6 Å². The lowest BCUT2D eigenvalue weighted by Gasteiger charge is -2.12. The highest BCUT2D eigenvalue weighted by Crippen LogP contribution is 2.19. The van der Waals surface area contributed by atoms with Crippen LogP contribution in [0.25, 0.3) is 0 Å². The van der Waals surface area contributed by atoms with E-state index >= 15 is 0 Å². The van der Waals surface area contributed by atoms with Crippen LogP contribution in [0.15, 0.2) is 3.92 Å². The van der Waals surface area contributed by atoms with Gasteiger partial charge in [0.2, 0.25) is 0 Å². The van der Waals surface area contributed by atoms with Crippen LogP contribution in [-0.4, -0.2) is 13.1 Å². The van der Waals surface area contributed by atoms with E-state index in [4.69, 9.17) is 0 Å². The van der Waals surface area contributed by atoms with Crippen molar-refractivity contribution in [2.75, 3.05) is 0 Å². The molecule has 0 atom stereocenters. The second kappa shape index (κ2) is 3.43. The predicted molar refractivity (Wildman–Crippen MR) is 65.5 cm³/mol. The van der Waals surface area contributed by atoms with Crippen LogP contribution in [0.3, 0.4) is 0 Å². The fourth-order valence-electron chi connectivity index (χ4n) is 0.740. The Hall–Kier alpha value is 1.06. The summed E-state index contributed by atoms with van der Waals surface area (Å²) in [4.78, 5) is 4.33.